The first kappa shape index (κ1) is 7.46. The van der Waals surface area contributed by atoms with E-state index < -0.39 is 0 Å². The van der Waals surface area contributed by atoms with E-state index in [1.54, 1.807) is 6.20 Å². The molecule has 12 heavy (non-hydrogen) atoms. The van der Waals surface area contributed by atoms with Gasteiger partial charge >= 0.3 is 0 Å². The Morgan fingerprint density at radius 2 is 2.08 bits per heavy atom. The molecule has 0 atom stereocenters. The van der Waals surface area contributed by atoms with Gasteiger partial charge in [0.05, 0.1) is 6.20 Å². The van der Waals surface area contributed by atoms with Gasteiger partial charge in [-0.15, -0.1) is 0 Å². The van der Waals surface area contributed by atoms with Crippen molar-refractivity contribution in [3.05, 3.63) is 6.20 Å². The van der Waals surface area contributed by atoms with Crippen molar-refractivity contribution in [2.45, 2.75) is 12.8 Å². The van der Waals surface area contributed by atoms with Gasteiger partial charge in [0.15, 0.2) is 0 Å². The van der Waals surface area contributed by atoms with E-state index in [9.17, 15) is 0 Å². The second kappa shape index (κ2) is 2.69. The number of nitrogens with two attached hydrogens (primary N) is 1. The largest absolute Gasteiger partial charge is 0.384 e. The van der Waals surface area contributed by atoms with E-state index in [0.717, 1.165) is 24.9 Å². The zero-order valence-electron chi connectivity index (χ0n) is 7.32. The van der Waals surface area contributed by atoms with Crippen LogP contribution in [0.3, 0.4) is 0 Å². The molecular weight excluding hydrogens is 152 g/mol. The molecule has 0 aromatic carbocycles. The van der Waals surface area contributed by atoms with E-state index in [2.05, 4.69) is 9.88 Å². The number of nitrogens with zero attached hydrogens (tertiary/aromatic N) is 3. The van der Waals surface area contributed by atoms with Crippen LogP contribution in [-0.2, 0) is 7.05 Å². The van der Waals surface area contributed by atoms with Crippen molar-refractivity contribution in [2.24, 2.45) is 7.05 Å². The molecule has 0 bridgehead atoms. The second-order valence-corrected chi connectivity index (χ2v) is 3.24. The SMILES string of the molecule is Cn1c(N)cnc1N1CCCC1. The summed E-state index contributed by atoms with van der Waals surface area (Å²) in [5, 5.41) is 0. The molecule has 1 fully saturated rings. The lowest BCUT2D eigenvalue weighted by Crippen LogP contribution is -2.21. The van der Waals surface area contributed by atoms with Crippen LogP contribution in [0.25, 0.3) is 0 Å². The van der Waals surface area contributed by atoms with Crippen molar-refractivity contribution < 1.29 is 0 Å². The van der Waals surface area contributed by atoms with Gasteiger partial charge in [0.25, 0.3) is 0 Å². The highest BCUT2D eigenvalue weighted by molar-refractivity contribution is 5.42. The van der Waals surface area contributed by atoms with Crippen LogP contribution < -0.4 is 10.6 Å². The lowest BCUT2D eigenvalue weighted by atomic mass is 10.4. The minimum absolute atomic E-state index is 0.733. The molecule has 1 aromatic heterocycles. The lowest BCUT2D eigenvalue weighted by Gasteiger charge is -2.16. The van der Waals surface area contributed by atoms with Crippen molar-refractivity contribution in [1.29, 1.82) is 0 Å². The first-order valence-corrected chi connectivity index (χ1v) is 4.31. The molecule has 4 heteroatoms. The summed E-state index contributed by atoms with van der Waals surface area (Å²) in [6.07, 6.45) is 4.26. The molecule has 2 rings (SSSR count). The standard InChI is InChI=1S/C8H14N4/c1-11-7(9)6-10-8(11)12-4-2-3-5-12/h6H,2-5,9H2,1H3. The Morgan fingerprint density at radius 3 is 2.58 bits per heavy atom. The van der Waals surface area contributed by atoms with Gasteiger partial charge in [-0.3, -0.25) is 0 Å². The van der Waals surface area contributed by atoms with Crippen LogP contribution in [0.1, 0.15) is 12.8 Å². The Bertz CT molecular complexity index is 273. The lowest BCUT2D eigenvalue weighted by molar-refractivity contribution is 0.828. The fourth-order valence-corrected chi connectivity index (χ4v) is 1.62. The van der Waals surface area contributed by atoms with Crippen LogP contribution in [0.2, 0.25) is 0 Å². The third kappa shape index (κ3) is 1.03. The van der Waals surface area contributed by atoms with Gasteiger partial charge < -0.3 is 15.2 Å². The van der Waals surface area contributed by atoms with E-state index in [1.165, 1.54) is 12.8 Å². The van der Waals surface area contributed by atoms with E-state index in [4.69, 9.17) is 5.73 Å². The summed E-state index contributed by atoms with van der Waals surface area (Å²) in [5.41, 5.74) is 5.68. The van der Waals surface area contributed by atoms with Crippen LogP contribution in [0, 0.1) is 0 Å². The van der Waals surface area contributed by atoms with Crippen molar-refractivity contribution in [3.8, 4) is 0 Å². The molecule has 0 spiro atoms. The molecule has 0 aliphatic carbocycles. The molecule has 66 valence electrons. The summed E-state index contributed by atoms with van der Waals surface area (Å²) < 4.78 is 1.94. The van der Waals surface area contributed by atoms with Gasteiger partial charge in [-0.05, 0) is 12.8 Å². The Kier molecular flexibility index (Phi) is 1.67. The minimum Gasteiger partial charge on any atom is -0.384 e. The van der Waals surface area contributed by atoms with E-state index in [0.29, 0.717) is 0 Å². The van der Waals surface area contributed by atoms with Crippen molar-refractivity contribution in [3.63, 3.8) is 0 Å². The van der Waals surface area contributed by atoms with Crippen LogP contribution >= 0.6 is 0 Å². The Labute approximate surface area is 72.0 Å². The molecule has 1 aromatic rings. The van der Waals surface area contributed by atoms with Gasteiger partial charge in [0.2, 0.25) is 5.95 Å². The first-order valence-electron chi connectivity index (χ1n) is 4.31. The summed E-state index contributed by atoms with van der Waals surface area (Å²) in [6.45, 7) is 2.23. The number of nitrogen functional groups attached to an aromatic ring is 1. The topological polar surface area (TPSA) is 47.1 Å². The van der Waals surface area contributed by atoms with E-state index >= 15 is 0 Å². The highest BCUT2D eigenvalue weighted by Gasteiger charge is 2.16. The number of imidazole rings is 1. The zero-order valence-corrected chi connectivity index (χ0v) is 7.32. The Morgan fingerprint density at radius 1 is 1.42 bits per heavy atom. The number of hydrogen-bond acceptors (Lipinski definition) is 3. The van der Waals surface area contributed by atoms with Crippen LogP contribution in [0.5, 0.6) is 0 Å². The van der Waals surface area contributed by atoms with E-state index in [-0.39, 0.29) is 0 Å². The number of anilines is 2. The predicted octanol–water partition coefficient (Wildman–Crippen LogP) is 0.603. The molecule has 0 unspecified atom stereocenters. The molecule has 1 saturated heterocycles. The molecule has 4 nitrogen and oxygen atoms in total. The monoisotopic (exact) mass is 166 g/mol. The second-order valence-electron chi connectivity index (χ2n) is 3.24. The Balaban J connectivity index is 2.26. The summed E-state index contributed by atoms with van der Waals surface area (Å²) in [7, 11) is 1.95. The molecule has 0 saturated carbocycles. The van der Waals surface area contributed by atoms with Crippen LogP contribution in [-0.4, -0.2) is 22.6 Å². The molecule has 1 aliphatic heterocycles. The summed E-state index contributed by atoms with van der Waals surface area (Å²) in [4.78, 5) is 6.54. The van der Waals surface area contributed by atoms with Crippen LogP contribution in [0.15, 0.2) is 6.20 Å². The highest BCUT2D eigenvalue weighted by atomic mass is 15.3. The molecule has 2 N–H and O–H groups in total. The number of hydrogen-bond donors (Lipinski definition) is 1. The Hall–Kier alpha value is -1.19. The predicted molar refractivity (Wildman–Crippen MR) is 49.1 cm³/mol. The number of rotatable bonds is 1. The van der Waals surface area contributed by atoms with Crippen LogP contribution in [0.4, 0.5) is 11.8 Å². The third-order valence-electron chi connectivity index (χ3n) is 2.39. The maximum Gasteiger partial charge on any atom is 0.206 e. The molecule has 0 radical (unpaired) electrons. The van der Waals surface area contributed by atoms with Gasteiger partial charge in [-0.25, -0.2) is 4.98 Å². The van der Waals surface area contributed by atoms with Crippen molar-refractivity contribution in [1.82, 2.24) is 9.55 Å². The molecule has 0 amide bonds. The maximum absolute atomic E-state index is 5.68. The summed E-state index contributed by atoms with van der Waals surface area (Å²) in [6, 6.07) is 0. The normalized spacial score (nSPS) is 17.2. The van der Waals surface area contributed by atoms with Gasteiger partial charge in [0.1, 0.15) is 5.82 Å². The van der Waals surface area contributed by atoms with Crippen molar-refractivity contribution in [2.75, 3.05) is 23.7 Å². The molecular formula is C8H14N4. The zero-order chi connectivity index (χ0) is 8.55. The van der Waals surface area contributed by atoms with Gasteiger partial charge in [-0.1, -0.05) is 0 Å². The fraction of sp³-hybridized carbons (Fsp3) is 0.625. The molecule has 1 aliphatic rings. The van der Waals surface area contributed by atoms with Crippen molar-refractivity contribution >= 4 is 11.8 Å². The quantitative estimate of drug-likeness (QED) is 0.664. The average Bonchev–Trinajstić information content (AvgIpc) is 2.64. The minimum atomic E-state index is 0.733. The first-order chi connectivity index (χ1) is 5.79. The summed E-state index contributed by atoms with van der Waals surface area (Å²) >= 11 is 0. The molecule has 2 heterocycles. The number of aromatic nitrogens is 2. The highest BCUT2D eigenvalue weighted by Crippen LogP contribution is 2.19. The third-order valence-corrected chi connectivity index (χ3v) is 2.39. The fourth-order valence-electron chi connectivity index (χ4n) is 1.62. The maximum atomic E-state index is 5.68. The van der Waals surface area contributed by atoms with E-state index in [1.807, 2.05) is 11.6 Å². The average molecular weight is 166 g/mol. The summed E-state index contributed by atoms with van der Waals surface area (Å²) in [5.74, 6) is 1.74. The smallest absolute Gasteiger partial charge is 0.206 e. The van der Waals surface area contributed by atoms with Gasteiger partial charge in [-0.2, -0.15) is 0 Å². The van der Waals surface area contributed by atoms with Gasteiger partial charge in [0, 0.05) is 20.1 Å².